The van der Waals surface area contributed by atoms with Crippen LogP contribution in [-0.2, 0) is 26.1 Å². The third-order valence-electron chi connectivity index (χ3n) is 4.52. The summed E-state index contributed by atoms with van der Waals surface area (Å²) >= 11 is 0. The minimum absolute atomic E-state index is 0.0304. The van der Waals surface area contributed by atoms with Gasteiger partial charge in [0.15, 0.2) is 0 Å². The minimum Gasteiger partial charge on any atom is -0.379 e. The predicted molar refractivity (Wildman–Crippen MR) is 95.7 cm³/mol. The Bertz CT molecular complexity index is 860. The molecule has 1 aromatic heterocycles. The highest BCUT2D eigenvalue weighted by atomic mass is 32.2. The van der Waals surface area contributed by atoms with Gasteiger partial charge in [0.1, 0.15) is 6.54 Å². The smallest absolute Gasteiger partial charge is 0.240 e. The molecular formula is C17H23N3O4S. The van der Waals surface area contributed by atoms with Gasteiger partial charge in [-0.25, -0.2) is 12.7 Å². The van der Waals surface area contributed by atoms with E-state index in [4.69, 9.17) is 4.74 Å². The fourth-order valence-corrected chi connectivity index (χ4v) is 4.20. The molecule has 1 fully saturated rings. The lowest BCUT2D eigenvalue weighted by atomic mass is 10.1. The maximum absolute atomic E-state index is 12.4. The molecule has 25 heavy (non-hydrogen) atoms. The van der Waals surface area contributed by atoms with E-state index in [0.29, 0.717) is 13.2 Å². The molecule has 0 spiro atoms. The SMILES string of the molecule is CN(C)S(=O)(=O)C[C@@H]1COC[C@H]1NC(=O)Cn1ccc2ccccc21. The summed E-state index contributed by atoms with van der Waals surface area (Å²) in [7, 11) is -0.313. The first-order chi connectivity index (χ1) is 11.9. The molecular weight excluding hydrogens is 342 g/mol. The van der Waals surface area contributed by atoms with Gasteiger partial charge >= 0.3 is 0 Å². The van der Waals surface area contributed by atoms with Crippen LogP contribution in [0.3, 0.4) is 0 Å². The van der Waals surface area contributed by atoms with Crippen LogP contribution in [0.1, 0.15) is 0 Å². The zero-order valence-corrected chi connectivity index (χ0v) is 15.2. The number of amides is 1. The highest BCUT2D eigenvalue weighted by molar-refractivity contribution is 7.89. The van der Waals surface area contributed by atoms with Gasteiger partial charge in [-0.05, 0) is 17.5 Å². The number of benzene rings is 1. The van der Waals surface area contributed by atoms with Crippen LogP contribution >= 0.6 is 0 Å². The Morgan fingerprint density at radius 2 is 2.04 bits per heavy atom. The molecule has 1 aromatic carbocycles. The van der Waals surface area contributed by atoms with Gasteiger partial charge in [0.25, 0.3) is 0 Å². The molecule has 0 saturated carbocycles. The second kappa shape index (κ2) is 7.15. The third kappa shape index (κ3) is 4.02. The van der Waals surface area contributed by atoms with E-state index in [1.165, 1.54) is 18.4 Å². The summed E-state index contributed by atoms with van der Waals surface area (Å²) in [4.78, 5) is 12.4. The van der Waals surface area contributed by atoms with Gasteiger partial charge in [0.05, 0.1) is 25.0 Å². The number of fused-ring (bicyclic) bond motifs is 1. The van der Waals surface area contributed by atoms with E-state index in [2.05, 4.69) is 5.32 Å². The van der Waals surface area contributed by atoms with Gasteiger partial charge in [-0.15, -0.1) is 0 Å². The quantitative estimate of drug-likeness (QED) is 0.816. The van der Waals surface area contributed by atoms with Gasteiger partial charge in [0, 0.05) is 31.7 Å². The molecule has 0 unspecified atom stereocenters. The van der Waals surface area contributed by atoms with Crippen LogP contribution in [0.4, 0.5) is 0 Å². The molecule has 1 amide bonds. The van der Waals surface area contributed by atoms with Gasteiger partial charge in [0.2, 0.25) is 15.9 Å². The molecule has 8 heteroatoms. The topological polar surface area (TPSA) is 80.6 Å². The number of aromatic nitrogens is 1. The number of para-hydroxylation sites is 1. The van der Waals surface area contributed by atoms with Crippen LogP contribution in [0.2, 0.25) is 0 Å². The summed E-state index contributed by atoms with van der Waals surface area (Å²) in [6, 6.07) is 9.53. The number of nitrogens with zero attached hydrogens (tertiary/aromatic N) is 2. The third-order valence-corrected chi connectivity index (χ3v) is 6.48. The zero-order valence-electron chi connectivity index (χ0n) is 14.4. The molecule has 136 valence electrons. The van der Waals surface area contributed by atoms with Crippen molar-refractivity contribution in [3.63, 3.8) is 0 Å². The van der Waals surface area contributed by atoms with Crippen molar-refractivity contribution in [3.05, 3.63) is 36.5 Å². The fourth-order valence-electron chi connectivity index (χ4n) is 3.03. The van der Waals surface area contributed by atoms with Gasteiger partial charge in [-0.2, -0.15) is 0 Å². The number of ether oxygens (including phenoxy) is 1. The van der Waals surface area contributed by atoms with Crippen LogP contribution in [0.15, 0.2) is 36.5 Å². The van der Waals surface area contributed by atoms with Crippen LogP contribution in [-0.4, -0.2) is 62.3 Å². The summed E-state index contributed by atoms with van der Waals surface area (Å²) in [5, 5.41) is 4.00. The summed E-state index contributed by atoms with van der Waals surface area (Å²) in [6.07, 6.45) is 1.88. The van der Waals surface area contributed by atoms with Crippen molar-refractivity contribution in [2.45, 2.75) is 12.6 Å². The van der Waals surface area contributed by atoms with Gasteiger partial charge < -0.3 is 14.6 Å². The largest absolute Gasteiger partial charge is 0.379 e. The number of hydrogen-bond acceptors (Lipinski definition) is 4. The Balaban J connectivity index is 1.64. The molecule has 1 N–H and O–H groups in total. The monoisotopic (exact) mass is 365 g/mol. The second-order valence-electron chi connectivity index (χ2n) is 6.53. The molecule has 2 atom stereocenters. The van der Waals surface area contributed by atoms with E-state index >= 15 is 0 Å². The lowest BCUT2D eigenvalue weighted by Gasteiger charge is -2.21. The first kappa shape index (κ1) is 17.9. The first-order valence-electron chi connectivity index (χ1n) is 8.18. The van der Waals surface area contributed by atoms with E-state index in [-0.39, 0.29) is 30.2 Å². The molecule has 2 aromatic rings. The minimum atomic E-state index is -3.33. The number of carbonyl (C=O) groups excluding carboxylic acids is 1. The average Bonchev–Trinajstić information content (AvgIpc) is 3.15. The summed E-state index contributed by atoms with van der Waals surface area (Å²) in [6.45, 7) is 0.868. The van der Waals surface area contributed by atoms with E-state index in [0.717, 1.165) is 10.9 Å². The fraction of sp³-hybridized carbons (Fsp3) is 0.471. The Labute approximate surface area is 147 Å². The van der Waals surface area contributed by atoms with Gasteiger partial charge in [-0.1, -0.05) is 18.2 Å². The van der Waals surface area contributed by atoms with Crippen LogP contribution in [0.5, 0.6) is 0 Å². The van der Waals surface area contributed by atoms with Crippen LogP contribution < -0.4 is 5.32 Å². The van der Waals surface area contributed by atoms with Crippen molar-refractivity contribution < 1.29 is 17.9 Å². The number of rotatable bonds is 6. The highest BCUT2D eigenvalue weighted by Crippen LogP contribution is 2.18. The van der Waals surface area contributed by atoms with Crippen molar-refractivity contribution in [1.82, 2.24) is 14.2 Å². The lowest BCUT2D eigenvalue weighted by molar-refractivity contribution is -0.122. The van der Waals surface area contributed by atoms with E-state index in [9.17, 15) is 13.2 Å². The number of hydrogen-bond donors (Lipinski definition) is 1. The molecule has 1 aliphatic heterocycles. The Hall–Kier alpha value is -1.90. The maximum atomic E-state index is 12.4. The first-order valence-corrected chi connectivity index (χ1v) is 9.79. The van der Waals surface area contributed by atoms with Crippen molar-refractivity contribution in [1.29, 1.82) is 0 Å². The standard InChI is InChI=1S/C17H23N3O4S/c1-19(2)25(22,23)12-14-10-24-11-15(14)18-17(21)9-20-8-7-13-5-3-4-6-16(13)20/h3-8,14-15H,9-12H2,1-2H3,(H,18,21)/t14-,15+/m0/s1. The normalized spacial score (nSPS) is 21.1. The maximum Gasteiger partial charge on any atom is 0.240 e. The Kier molecular flexibility index (Phi) is 5.12. The number of carbonyl (C=O) groups is 1. The molecule has 7 nitrogen and oxygen atoms in total. The van der Waals surface area contributed by atoms with Crippen molar-refractivity contribution >= 4 is 26.8 Å². The molecule has 2 heterocycles. The molecule has 0 bridgehead atoms. The predicted octanol–water partition coefficient (Wildman–Crippen LogP) is 0.664. The van der Waals surface area contributed by atoms with Crippen molar-refractivity contribution in [3.8, 4) is 0 Å². The van der Waals surface area contributed by atoms with Gasteiger partial charge in [-0.3, -0.25) is 4.79 Å². The summed E-state index contributed by atoms with van der Waals surface area (Å²) < 4.78 is 32.6. The number of nitrogens with one attached hydrogen (secondary N) is 1. The summed E-state index contributed by atoms with van der Waals surface area (Å²) in [5.41, 5.74) is 0.993. The molecule has 0 radical (unpaired) electrons. The molecule has 1 aliphatic rings. The van der Waals surface area contributed by atoms with Crippen molar-refractivity contribution in [2.24, 2.45) is 5.92 Å². The zero-order chi connectivity index (χ0) is 18.0. The van der Waals surface area contributed by atoms with Crippen LogP contribution in [0, 0.1) is 5.92 Å². The van der Waals surface area contributed by atoms with Crippen LogP contribution in [0.25, 0.3) is 10.9 Å². The van der Waals surface area contributed by atoms with E-state index in [1.807, 2.05) is 41.1 Å². The number of sulfonamides is 1. The molecule has 3 rings (SSSR count). The van der Waals surface area contributed by atoms with E-state index in [1.54, 1.807) is 0 Å². The Morgan fingerprint density at radius 3 is 2.80 bits per heavy atom. The summed E-state index contributed by atoms with van der Waals surface area (Å²) in [5.74, 6) is -0.418. The van der Waals surface area contributed by atoms with Crippen molar-refractivity contribution in [2.75, 3.05) is 33.1 Å². The average molecular weight is 365 g/mol. The molecule has 1 saturated heterocycles. The Morgan fingerprint density at radius 1 is 1.28 bits per heavy atom. The van der Waals surface area contributed by atoms with E-state index < -0.39 is 10.0 Å². The highest BCUT2D eigenvalue weighted by Gasteiger charge is 2.34. The molecule has 0 aliphatic carbocycles. The lowest BCUT2D eigenvalue weighted by Crippen LogP contribution is -2.44. The second-order valence-corrected chi connectivity index (χ2v) is 8.76.